The fraction of sp³-hybridized carbons (Fsp3) is 0.370. The van der Waals surface area contributed by atoms with Crippen LogP contribution in [0.15, 0.2) is 54.7 Å². The number of nitrogens with zero attached hydrogens (tertiary/aromatic N) is 1. The van der Waals surface area contributed by atoms with Gasteiger partial charge in [-0.3, -0.25) is 0 Å². The van der Waals surface area contributed by atoms with Crippen LogP contribution in [0.25, 0.3) is 22.4 Å². The zero-order valence-corrected chi connectivity index (χ0v) is 20.9. The van der Waals surface area contributed by atoms with Gasteiger partial charge in [0.1, 0.15) is 0 Å². The Kier molecular flexibility index (Phi) is 5.24. The van der Waals surface area contributed by atoms with Gasteiger partial charge in [0.05, 0.1) is 0 Å². The van der Waals surface area contributed by atoms with E-state index >= 15 is 0 Å². The van der Waals surface area contributed by atoms with Crippen LogP contribution in [0.2, 0.25) is 17.3 Å². The predicted octanol–water partition coefficient (Wildman–Crippen LogP) is 7.52. The third-order valence-corrected chi connectivity index (χ3v) is 9.93. The second-order valence-corrected chi connectivity index (χ2v) is 20.2. The molecule has 0 aliphatic heterocycles. The summed E-state index contributed by atoms with van der Waals surface area (Å²) in [6.07, 6.45) is 1.56. The zero-order valence-electron chi connectivity index (χ0n) is 21.8. The van der Waals surface area contributed by atoms with Crippen LogP contribution >= 0.6 is 0 Å². The van der Waals surface area contributed by atoms with Gasteiger partial charge in [0, 0.05) is 0 Å². The summed E-state index contributed by atoms with van der Waals surface area (Å²) in [6, 6.07) is 17.0. The molecular weight excluding hydrogens is 411 g/mol. The molecule has 0 fully saturated rings. The minimum atomic E-state index is -2.23. The molecule has 1 heterocycles. The van der Waals surface area contributed by atoms with Crippen molar-refractivity contribution in [3.8, 4) is 22.4 Å². The van der Waals surface area contributed by atoms with Crippen molar-refractivity contribution in [1.29, 1.82) is 0 Å². The van der Waals surface area contributed by atoms with E-state index in [0.29, 0.717) is 5.56 Å². The molecule has 0 atom stereocenters. The zero-order chi connectivity index (χ0) is 23.8. The first-order valence-electron chi connectivity index (χ1n) is 12.0. The van der Waals surface area contributed by atoms with E-state index in [4.69, 9.17) is 4.11 Å². The van der Waals surface area contributed by atoms with Crippen LogP contribution in [0.4, 0.5) is 0 Å². The molecule has 0 spiro atoms. The quantitative estimate of drug-likeness (QED) is 0.368. The first-order valence-corrected chi connectivity index (χ1v) is 17.9. The van der Waals surface area contributed by atoms with Crippen molar-refractivity contribution in [3.63, 3.8) is 0 Å². The van der Waals surface area contributed by atoms with Gasteiger partial charge in [-0.15, -0.1) is 0 Å². The van der Waals surface area contributed by atoms with Gasteiger partial charge in [0.25, 0.3) is 0 Å². The Labute approximate surface area is 184 Å². The molecule has 2 aromatic carbocycles. The molecule has 152 valence electrons. The fourth-order valence-electron chi connectivity index (χ4n) is 3.82. The molecule has 0 unspecified atom stereocenters. The van der Waals surface area contributed by atoms with Gasteiger partial charge in [-0.1, -0.05) is 0 Å². The number of benzene rings is 2. The van der Waals surface area contributed by atoms with Crippen molar-refractivity contribution in [3.05, 3.63) is 71.4 Å². The maximum atomic E-state index is 8.19. The van der Waals surface area contributed by atoms with Crippen molar-refractivity contribution in [2.45, 2.75) is 63.7 Å². The molecule has 3 aromatic rings. The van der Waals surface area contributed by atoms with Crippen LogP contribution in [-0.2, 0) is 0 Å². The van der Waals surface area contributed by atoms with E-state index in [2.05, 4.69) is 92.4 Å². The van der Waals surface area contributed by atoms with Crippen LogP contribution in [-0.4, -0.2) is 18.3 Å². The van der Waals surface area contributed by atoms with Crippen LogP contribution in [0.1, 0.15) is 60.3 Å². The molecule has 0 saturated carbocycles. The van der Waals surface area contributed by atoms with Crippen molar-refractivity contribution in [2.24, 2.45) is 0 Å². The number of hydrogen-bond donors (Lipinski definition) is 0. The van der Waals surface area contributed by atoms with E-state index in [1.165, 1.54) is 15.5 Å². The minimum absolute atomic E-state index is 0.280. The Hall–Kier alpha value is -1.87. The molecule has 0 bridgehead atoms. The van der Waals surface area contributed by atoms with Gasteiger partial charge in [-0.25, -0.2) is 0 Å². The first kappa shape index (κ1) is 17.9. The van der Waals surface area contributed by atoms with Gasteiger partial charge >= 0.3 is 184 Å². The molecular formula is C27H35GeN. The maximum absolute atomic E-state index is 8.19. The number of rotatable bonds is 5. The number of aromatic nitrogens is 1. The van der Waals surface area contributed by atoms with Crippen molar-refractivity contribution >= 4 is 17.7 Å². The van der Waals surface area contributed by atoms with E-state index in [-0.39, 0.29) is 11.8 Å². The Bertz CT molecular complexity index is 1070. The summed E-state index contributed by atoms with van der Waals surface area (Å²) in [5, 5.41) is 0. The third kappa shape index (κ3) is 4.66. The van der Waals surface area contributed by atoms with Gasteiger partial charge in [-0.05, 0) is 0 Å². The van der Waals surface area contributed by atoms with E-state index in [9.17, 15) is 0 Å². The Morgan fingerprint density at radius 3 is 1.93 bits per heavy atom. The summed E-state index contributed by atoms with van der Waals surface area (Å²) in [5.74, 6) is 7.71. The molecule has 1 nitrogen and oxygen atoms in total. The molecule has 0 aliphatic rings. The van der Waals surface area contributed by atoms with Crippen molar-refractivity contribution < 1.29 is 4.11 Å². The molecule has 0 radical (unpaired) electrons. The SMILES string of the molecule is [2H]C([2H])([2H])c1cnc(-c2cc[c]([Ge]([CH3])([CH3])[CH3])cc2)cc1-c1c(C(C)C)cccc1C(C)C. The summed E-state index contributed by atoms with van der Waals surface area (Å²) < 4.78 is 26.0. The molecule has 0 saturated heterocycles. The Morgan fingerprint density at radius 1 is 0.862 bits per heavy atom. The molecule has 29 heavy (non-hydrogen) atoms. The average Bonchev–Trinajstić information content (AvgIpc) is 2.71. The number of pyridine rings is 1. The van der Waals surface area contributed by atoms with Gasteiger partial charge in [0.15, 0.2) is 0 Å². The van der Waals surface area contributed by atoms with Crippen LogP contribution < -0.4 is 4.40 Å². The summed E-state index contributed by atoms with van der Waals surface area (Å²) in [5.41, 5.74) is 6.33. The van der Waals surface area contributed by atoms with E-state index < -0.39 is 20.1 Å². The molecule has 2 heteroatoms. The molecule has 0 N–H and O–H groups in total. The van der Waals surface area contributed by atoms with Crippen molar-refractivity contribution in [1.82, 2.24) is 4.98 Å². The van der Waals surface area contributed by atoms with E-state index in [1.54, 1.807) is 6.20 Å². The number of aryl methyl sites for hydroxylation is 1. The molecule has 0 aliphatic carbocycles. The number of hydrogen-bond acceptors (Lipinski definition) is 1. The molecule has 3 rings (SSSR count). The topological polar surface area (TPSA) is 12.9 Å². The summed E-state index contributed by atoms with van der Waals surface area (Å²) in [4.78, 5) is 4.60. The van der Waals surface area contributed by atoms with Gasteiger partial charge in [-0.2, -0.15) is 0 Å². The second-order valence-electron chi connectivity index (χ2n) is 9.56. The van der Waals surface area contributed by atoms with Gasteiger partial charge < -0.3 is 0 Å². The Balaban J connectivity index is 2.29. The second kappa shape index (κ2) is 8.48. The van der Waals surface area contributed by atoms with Crippen molar-refractivity contribution in [2.75, 3.05) is 0 Å². The van der Waals surface area contributed by atoms with Crippen LogP contribution in [0.3, 0.4) is 0 Å². The molecule has 0 amide bonds. The molecule has 1 aromatic heterocycles. The van der Waals surface area contributed by atoms with Crippen LogP contribution in [0.5, 0.6) is 0 Å². The normalized spacial score (nSPS) is 14.0. The monoisotopic (exact) mass is 450 g/mol. The predicted molar refractivity (Wildman–Crippen MR) is 131 cm³/mol. The van der Waals surface area contributed by atoms with Gasteiger partial charge in [0.2, 0.25) is 0 Å². The standard InChI is InChI=1S/C27H35GeN/c1-18(2)23-10-9-11-24(19(3)4)27(23)25-16-26(29-17-20(25)5)21-12-14-22(15-13-21)28(6,7)8/h9-19H,1-8H3/i5D3. The fourth-order valence-corrected chi connectivity index (χ4v) is 6.27. The van der Waals surface area contributed by atoms with E-state index in [0.717, 1.165) is 22.4 Å². The third-order valence-electron chi connectivity index (χ3n) is 5.59. The summed E-state index contributed by atoms with van der Waals surface area (Å²) in [6.45, 7) is 6.42. The van der Waals surface area contributed by atoms with Crippen LogP contribution in [0, 0.1) is 6.85 Å². The first-order chi connectivity index (χ1) is 14.8. The average molecular weight is 449 g/mol. The Morgan fingerprint density at radius 2 is 1.45 bits per heavy atom. The summed E-state index contributed by atoms with van der Waals surface area (Å²) in [7, 11) is 0. The summed E-state index contributed by atoms with van der Waals surface area (Å²) >= 11 is -1.90. The van der Waals surface area contributed by atoms with E-state index in [1.807, 2.05) is 6.07 Å².